The second-order valence-corrected chi connectivity index (χ2v) is 13.0. The number of rotatable bonds is 6. The highest BCUT2D eigenvalue weighted by atomic mass is 16.3. The van der Waals surface area contributed by atoms with Gasteiger partial charge in [-0.3, -0.25) is 0 Å². The predicted octanol–water partition coefficient (Wildman–Crippen LogP) is 12.4. The lowest BCUT2D eigenvalue weighted by molar-refractivity contribution is 0.620. The smallest absolute Gasteiger partial charge is 0.227 e. The summed E-state index contributed by atoms with van der Waals surface area (Å²) in [5.74, 6) is 0.622. The zero-order valence-electron chi connectivity index (χ0n) is 28.3. The van der Waals surface area contributed by atoms with Crippen LogP contribution in [0.5, 0.6) is 0 Å². The largest absolute Gasteiger partial charge is 0.436 e. The molecule has 0 aliphatic heterocycles. The molecule has 0 radical (unpaired) electrons. The van der Waals surface area contributed by atoms with E-state index in [0.29, 0.717) is 5.89 Å². The molecule has 9 rings (SSSR count). The Balaban J connectivity index is 1.17. The molecule has 0 N–H and O–H groups in total. The first kappa shape index (κ1) is 30.4. The molecule has 7 aromatic carbocycles. The summed E-state index contributed by atoms with van der Waals surface area (Å²) in [6.45, 7) is 4.23. The number of aromatic nitrogens is 3. The number of nitrogens with zero attached hydrogens (tertiary/aromatic N) is 3. The fourth-order valence-corrected chi connectivity index (χ4v) is 6.69. The first-order valence-electron chi connectivity index (χ1n) is 17.2. The predicted molar refractivity (Wildman–Crippen MR) is 209 cm³/mol. The molecule has 4 nitrogen and oxygen atoms in total. The lowest BCUT2D eigenvalue weighted by atomic mass is 9.95. The Morgan fingerprint density at radius 1 is 0.353 bits per heavy atom. The van der Waals surface area contributed by atoms with Crippen LogP contribution in [0.25, 0.3) is 89.5 Å². The van der Waals surface area contributed by atoms with Crippen LogP contribution in [0.2, 0.25) is 0 Å². The van der Waals surface area contributed by atoms with E-state index in [9.17, 15) is 0 Å². The van der Waals surface area contributed by atoms with Crippen LogP contribution in [0.3, 0.4) is 0 Å². The zero-order chi connectivity index (χ0) is 34.3. The van der Waals surface area contributed by atoms with Gasteiger partial charge in [0.05, 0.1) is 22.4 Å². The van der Waals surface area contributed by atoms with E-state index in [1.165, 1.54) is 11.1 Å². The third kappa shape index (κ3) is 5.77. The molecule has 0 amide bonds. The molecule has 9 aromatic rings. The highest BCUT2D eigenvalue weighted by molar-refractivity contribution is 6.03. The standard InChI is InChI=1S/C47H33N3O/c1-30-12-16-34(17-13-30)39-28-29-40(35-18-14-31(2)15-19-35)46-45(39)49-43(36-8-4-3-5-9-36)44(50-46)37-24-20-32(21-25-37)33-22-26-38(27-23-33)47-48-41-10-6-7-11-42(41)51-47/h3-29H,1-2H3. The summed E-state index contributed by atoms with van der Waals surface area (Å²) in [5, 5.41) is 0. The second kappa shape index (κ2) is 12.7. The van der Waals surface area contributed by atoms with Crippen molar-refractivity contribution in [2.45, 2.75) is 13.8 Å². The summed E-state index contributed by atoms with van der Waals surface area (Å²) >= 11 is 0. The number of oxazole rings is 1. The van der Waals surface area contributed by atoms with Crippen LogP contribution in [0.1, 0.15) is 11.1 Å². The summed E-state index contributed by atoms with van der Waals surface area (Å²) in [6.07, 6.45) is 0. The first-order chi connectivity index (χ1) is 25.1. The van der Waals surface area contributed by atoms with Gasteiger partial charge in [-0.05, 0) is 60.4 Å². The van der Waals surface area contributed by atoms with E-state index in [2.05, 4.69) is 152 Å². The minimum absolute atomic E-state index is 0.622. The van der Waals surface area contributed by atoms with Crippen LogP contribution in [0.4, 0.5) is 0 Å². The van der Waals surface area contributed by atoms with Crippen molar-refractivity contribution in [2.24, 2.45) is 0 Å². The summed E-state index contributed by atoms with van der Waals surface area (Å²) in [7, 11) is 0. The lowest BCUT2D eigenvalue weighted by Crippen LogP contribution is -1.99. The SMILES string of the molecule is Cc1ccc(-c2ccc(-c3ccc(C)cc3)c3nc(-c4ccc(-c5ccc(-c6nc7ccccc7o6)cc5)cc4)c(-c4ccccc4)nc23)cc1. The molecule has 0 saturated heterocycles. The summed E-state index contributed by atoms with van der Waals surface area (Å²) in [6, 6.07) is 56.9. The summed E-state index contributed by atoms with van der Waals surface area (Å²) < 4.78 is 6.00. The van der Waals surface area contributed by atoms with Gasteiger partial charge in [0.1, 0.15) is 5.52 Å². The molecule has 51 heavy (non-hydrogen) atoms. The Morgan fingerprint density at radius 2 is 0.784 bits per heavy atom. The Bertz CT molecular complexity index is 2620. The molecule has 0 saturated carbocycles. The van der Waals surface area contributed by atoms with Crippen LogP contribution < -0.4 is 0 Å². The minimum Gasteiger partial charge on any atom is -0.436 e. The highest BCUT2D eigenvalue weighted by Crippen LogP contribution is 2.39. The van der Waals surface area contributed by atoms with Gasteiger partial charge in [-0.15, -0.1) is 0 Å². The molecule has 0 bridgehead atoms. The molecule has 2 heterocycles. The Labute approximate surface area is 296 Å². The number of hydrogen-bond acceptors (Lipinski definition) is 4. The van der Waals surface area contributed by atoms with Crippen molar-refractivity contribution < 1.29 is 4.42 Å². The van der Waals surface area contributed by atoms with Gasteiger partial charge in [0.15, 0.2) is 5.58 Å². The third-order valence-electron chi connectivity index (χ3n) is 9.51. The average molecular weight is 656 g/mol. The van der Waals surface area contributed by atoms with Gasteiger partial charge in [-0.2, -0.15) is 0 Å². The second-order valence-electron chi connectivity index (χ2n) is 13.0. The molecule has 0 aliphatic rings. The summed E-state index contributed by atoms with van der Waals surface area (Å²) in [5.41, 5.74) is 17.1. The van der Waals surface area contributed by atoms with Crippen molar-refractivity contribution in [3.63, 3.8) is 0 Å². The average Bonchev–Trinajstić information content (AvgIpc) is 3.63. The normalized spacial score (nSPS) is 11.3. The maximum Gasteiger partial charge on any atom is 0.227 e. The van der Waals surface area contributed by atoms with Gasteiger partial charge in [-0.1, -0.05) is 151 Å². The Morgan fingerprint density at radius 3 is 1.31 bits per heavy atom. The van der Waals surface area contributed by atoms with E-state index in [4.69, 9.17) is 14.4 Å². The minimum atomic E-state index is 0.622. The van der Waals surface area contributed by atoms with Gasteiger partial charge < -0.3 is 4.42 Å². The van der Waals surface area contributed by atoms with Gasteiger partial charge in [0, 0.05) is 27.8 Å². The van der Waals surface area contributed by atoms with Crippen molar-refractivity contribution in [1.82, 2.24) is 15.0 Å². The van der Waals surface area contributed by atoms with Crippen LogP contribution in [-0.4, -0.2) is 15.0 Å². The van der Waals surface area contributed by atoms with E-state index >= 15 is 0 Å². The molecule has 0 spiro atoms. The molecular formula is C47H33N3O. The van der Waals surface area contributed by atoms with Crippen LogP contribution >= 0.6 is 0 Å². The summed E-state index contributed by atoms with van der Waals surface area (Å²) in [4.78, 5) is 15.7. The van der Waals surface area contributed by atoms with Crippen LogP contribution in [0, 0.1) is 13.8 Å². The quantitative estimate of drug-likeness (QED) is 0.179. The van der Waals surface area contributed by atoms with Crippen molar-refractivity contribution >= 4 is 22.1 Å². The topological polar surface area (TPSA) is 51.8 Å². The van der Waals surface area contributed by atoms with Crippen molar-refractivity contribution in [3.05, 3.63) is 175 Å². The maximum absolute atomic E-state index is 6.00. The van der Waals surface area contributed by atoms with Crippen LogP contribution in [-0.2, 0) is 0 Å². The molecule has 0 unspecified atom stereocenters. The Kier molecular flexibility index (Phi) is 7.55. The van der Waals surface area contributed by atoms with E-state index in [-0.39, 0.29) is 0 Å². The third-order valence-corrected chi connectivity index (χ3v) is 9.51. The lowest BCUT2D eigenvalue weighted by Gasteiger charge is -2.16. The number of para-hydroxylation sites is 2. The Hall–Kier alpha value is -6.65. The number of benzene rings is 7. The molecule has 0 atom stereocenters. The maximum atomic E-state index is 6.00. The van der Waals surface area contributed by atoms with Crippen LogP contribution in [0.15, 0.2) is 168 Å². The first-order valence-corrected chi connectivity index (χ1v) is 17.2. The van der Waals surface area contributed by atoms with Gasteiger partial charge in [0.2, 0.25) is 5.89 Å². The van der Waals surface area contributed by atoms with Crippen molar-refractivity contribution in [3.8, 4) is 67.3 Å². The molecular weight excluding hydrogens is 623 g/mol. The fourth-order valence-electron chi connectivity index (χ4n) is 6.69. The van der Waals surface area contributed by atoms with Gasteiger partial charge in [-0.25, -0.2) is 15.0 Å². The van der Waals surface area contributed by atoms with Gasteiger partial charge >= 0.3 is 0 Å². The molecule has 4 heteroatoms. The van der Waals surface area contributed by atoms with E-state index < -0.39 is 0 Å². The van der Waals surface area contributed by atoms with Gasteiger partial charge in [0.25, 0.3) is 0 Å². The number of fused-ring (bicyclic) bond motifs is 2. The van der Waals surface area contributed by atoms with E-state index in [1.54, 1.807) is 0 Å². The molecule has 242 valence electrons. The number of aryl methyl sites for hydroxylation is 2. The van der Waals surface area contributed by atoms with E-state index in [0.717, 1.165) is 83.6 Å². The van der Waals surface area contributed by atoms with Crippen molar-refractivity contribution in [2.75, 3.05) is 0 Å². The molecule has 0 fully saturated rings. The fraction of sp³-hybridized carbons (Fsp3) is 0.0426. The van der Waals surface area contributed by atoms with Crippen molar-refractivity contribution in [1.29, 1.82) is 0 Å². The van der Waals surface area contributed by atoms with E-state index in [1.807, 2.05) is 30.3 Å². The number of hydrogen-bond donors (Lipinski definition) is 0. The molecule has 2 aromatic heterocycles. The monoisotopic (exact) mass is 655 g/mol. The highest BCUT2D eigenvalue weighted by Gasteiger charge is 2.19. The zero-order valence-corrected chi connectivity index (χ0v) is 28.3. The molecule has 0 aliphatic carbocycles.